The first-order valence-corrected chi connectivity index (χ1v) is 10.8. The van der Waals surface area contributed by atoms with E-state index < -0.39 is 12.0 Å². The Hall–Kier alpha value is -3.68. The van der Waals surface area contributed by atoms with Crippen LogP contribution in [-0.2, 0) is 16.0 Å². The van der Waals surface area contributed by atoms with E-state index in [9.17, 15) is 9.59 Å². The highest BCUT2D eigenvalue weighted by atomic mass is 16.5. The summed E-state index contributed by atoms with van der Waals surface area (Å²) < 4.78 is 22.2. The van der Waals surface area contributed by atoms with Gasteiger partial charge in [-0.3, -0.25) is 4.90 Å². The maximum atomic E-state index is 13.1. The second kappa shape index (κ2) is 10.8. The molecule has 1 heterocycles. The van der Waals surface area contributed by atoms with Gasteiger partial charge in [-0.2, -0.15) is 0 Å². The van der Waals surface area contributed by atoms with Crippen LogP contribution in [0.5, 0.6) is 17.2 Å². The summed E-state index contributed by atoms with van der Waals surface area (Å²) in [6.07, 6.45) is 0.869. The summed E-state index contributed by atoms with van der Waals surface area (Å²) >= 11 is 0. The molecule has 1 unspecified atom stereocenters. The Morgan fingerprint density at radius 2 is 1.85 bits per heavy atom. The fourth-order valence-electron chi connectivity index (χ4n) is 3.69. The molecular weight excluding hydrogens is 424 g/mol. The van der Waals surface area contributed by atoms with Crippen LogP contribution in [-0.4, -0.2) is 51.4 Å². The molecular formula is C25H30N2O6. The smallest absolute Gasteiger partial charge is 0.338 e. The molecule has 0 spiro atoms. The van der Waals surface area contributed by atoms with Crippen LogP contribution in [0.1, 0.15) is 31.0 Å². The predicted octanol–water partition coefficient (Wildman–Crippen LogP) is 3.86. The van der Waals surface area contributed by atoms with E-state index in [4.69, 9.17) is 18.9 Å². The van der Waals surface area contributed by atoms with Crippen LogP contribution >= 0.6 is 0 Å². The van der Waals surface area contributed by atoms with Crippen molar-refractivity contribution in [1.29, 1.82) is 0 Å². The zero-order valence-corrected chi connectivity index (χ0v) is 19.6. The molecule has 2 amide bonds. The van der Waals surface area contributed by atoms with Crippen molar-refractivity contribution in [2.45, 2.75) is 26.3 Å². The summed E-state index contributed by atoms with van der Waals surface area (Å²) in [6, 6.07) is 11.7. The molecule has 176 valence electrons. The van der Waals surface area contributed by atoms with Crippen LogP contribution in [0.4, 0.5) is 4.79 Å². The van der Waals surface area contributed by atoms with E-state index in [2.05, 4.69) is 12.2 Å². The van der Waals surface area contributed by atoms with Crippen LogP contribution < -0.4 is 19.5 Å². The lowest BCUT2D eigenvalue weighted by molar-refractivity contribution is -0.139. The molecule has 8 heteroatoms. The Labute approximate surface area is 194 Å². The minimum Gasteiger partial charge on any atom is -0.497 e. The largest absolute Gasteiger partial charge is 0.497 e. The number of amides is 2. The monoisotopic (exact) mass is 454 g/mol. The standard InChI is InChI=1S/C25H30N2O6/c1-6-16-9-8-10-18(13-16)33-15-20-22(24(28)32-7-2)23(26-25(29)27(20)3)19-14-17(30-4)11-12-21(19)31-5/h8-14,23H,6-7,15H2,1-5H3,(H,26,29). The second-order valence-corrected chi connectivity index (χ2v) is 7.42. The molecule has 2 aromatic rings. The number of urea groups is 1. The summed E-state index contributed by atoms with van der Waals surface area (Å²) in [7, 11) is 4.67. The highest BCUT2D eigenvalue weighted by molar-refractivity contribution is 5.95. The quantitative estimate of drug-likeness (QED) is 0.579. The molecule has 0 saturated carbocycles. The van der Waals surface area contributed by atoms with Crippen molar-refractivity contribution >= 4 is 12.0 Å². The van der Waals surface area contributed by atoms with Crippen molar-refractivity contribution < 1.29 is 28.5 Å². The average Bonchev–Trinajstić information content (AvgIpc) is 2.84. The van der Waals surface area contributed by atoms with Crippen LogP contribution in [0.2, 0.25) is 0 Å². The first-order valence-electron chi connectivity index (χ1n) is 10.8. The molecule has 1 aliphatic rings. The molecule has 1 atom stereocenters. The molecule has 8 nitrogen and oxygen atoms in total. The number of rotatable bonds is 9. The van der Waals surface area contributed by atoms with E-state index in [-0.39, 0.29) is 24.8 Å². The molecule has 0 aromatic heterocycles. The normalized spacial score (nSPS) is 15.7. The molecule has 3 rings (SSSR count). The summed E-state index contributed by atoms with van der Waals surface area (Å²) in [5.74, 6) is 1.18. The lowest BCUT2D eigenvalue weighted by atomic mass is 9.93. The van der Waals surface area contributed by atoms with E-state index in [0.717, 1.165) is 12.0 Å². The summed E-state index contributed by atoms with van der Waals surface area (Å²) in [5, 5.41) is 2.88. The number of hydrogen-bond acceptors (Lipinski definition) is 6. The number of ether oxygens (including phenoxy) is 4. The van der Waals surface area contributed by atoms with Gasteiger partial charge >= 0.3 is 12.0 Å². The van der Waals surface area contributed by atoms with Crippen LogP contribution in [0.15, 0.2) is 53.7 Å². The molecule has 0 radical (unpaired) electrons. The van der Waals surface area contributed by atoms with Gasteiger partial charge in [-0.25, -0.2) is 9.59 Å². The maximum absolute atomic E-state index is 13.1. The third kappa shape index (κ3) is 5.22. The number of methoxy groups -OCH3 is 2. The molecule has 0 fully saturated rings. The van der Waals surface area contributed by atoms with E-state index >= 15 is 0 Å². The molecule has 0 bridgehead atoms. The molecule has 1 aliphatic heterocycles. The van der Waals surface area contributed by atoms with Gasteiger partial charge in [-0.1, -0.05) is 19.1 Å². The summed E-state index contributed by atoms with van der Waals surface area (Å²) in [4.78, 5) is 27.4. The van der Waals surface area contributed by atoms with E-state index in [1.165, 1.54) is 12.0 Å². The van der Waals surface area contributed by atoms with Crippen molar-refractivity contribution in [2.24, 2.45) is 0 Å². The fourth-order valence-corrected chi connectivity index (χ4v) is 3.69. The number of nitrogens with zero attached hydrogens (tertiary/aromatic N) is 1. The molecule has 33 heavy (non-hydrogen) atoms. The second-order valence-electron chi connectivity index (χ2n) is 7.42. The minimum atomic E-state index is -0.807. The topological polar surface area (TPSA) is 86.3 Å². The van der Waals surface area contributed by atoms with E-state index in [0.29, 0.717) is 28.5 Å². The number of likely N-dealkylation sites (N-methyl/N-ethyl adjacent to an activating group) is 1. The highest BCUT2D eigenvalue weighted by Gasteiger charge is 2.38. The van der Waals surface area contributed by atoms with E-state index in [1.807, 2.05) is 24.3 Å². The summed E-state index contributed by atoms with van der Waals surface area (Å²) in [6.45, 7) is 3.99. The SMILES string of the molecule is CCOC(=O)C1=C(COc2cccc(CC)c2)N(C)C(=O)NC1c1cc(OC)ccc1OC. The van der Waals surface area contributed by atoms with Crippen molar-refractivity contribution in [3.05, 3.63) is 64.9 Å². The Kier molecular flexibility index (Phi) is 7.82. The molecule has 1 N–H and O–H groups in total. The van der Waals surface area contributed by atoms with Gasteiger partial charge in [0.15, 0.2) is 0 Å². The third-order valence-electron chi connectivity index (χ3n) is 5.50. The summed E-state index contributed by atoms with van der Waals surface area (Å²) in [5.41, 5.74) is 2.39. The highest BCUT2D eigenvalue weighted by Crippen LogP contribution is 2.37. The molecule has 2 aromatic carbocycles. The number of esters is 1. The Morgan fingerprint density at radius 1 is 1.06 bits per heavy atom. The van der Waals surface area contributed by atoms with Gasteiger partial charge in [-0.15, -0.1) is 0 Å². The van der Waals surface area contributed by atoms with Gasteiger partial charge in [0.1, 0.15) is 23.9 Å². The first-order chi connectivity index (χ1) is 15.9. The van der Waals surface area contributed by atoms with Gasteiger partial charge in [0.2, 0.25) is 0 Å². The van der Waals surface area contributed by atoms with Gasteiger partial charge in [0, 0.05) is 12.6 Å². The third-order valence-corrected chi connectivity index (χ3v) is 5.50. The van der Waals surface area contributed by atoms with Crippen molar-refractivity contribution in [1.82, 2.24) is 10.2 Å². The molecule has 0 saturated heterocycles. The Balaban J connectivity index is 2.10. The van der Waals surface area contributed by atoms with Crippen LogP contribution in [0.3, 0.4) is 0 Å². The maximum Gasteiger partial charge on any atom is 0.338 e. The number of hydrogen-bond donors (Lipinski definition) is 1. The zero-order chi connectivity index (χ0) is 24.0. The van der Waals surface area contributed by atoms with Gasteiger partial charge in [0.25, 0.3) is 0 Å². The number of nitrogens with one attached hydrogen (secondary N) is 1. The fraction of sp³-hybridized carbons (Fsp3) is 0.360. The zero-order valence-electron chi connectivity index (χ0n) is 19.6. The average molecular weight is 455 g/mol. The predicted molar refractivity (Wildman–Crippen MR) is 124 cm³/mol. The number of benzene rings is 2. The number of carbonyl (C=O) groups is 2. The minimum absolute atomic E-state index is 0.00796. The van der Waals surface area contributed by atoms with Crippen molar-refractivity contribution in [3.8, 4) is 17.2 Å². The van der Waals surface area contributed by atoms with Crippen LogP contribution in [0, 0.1) is 0 Å². The number of aryl methyl sites for hydroxylation is 1. The lowest BCUT2D eigenvalue weighted by Crippen LogP contribution is -2.48. The van der Waals surface area contributed by atoms with Gasteiger partial charge in [0.05, 0.1) is 38.1 Å². The van der Waals surface area contributed by atoms with E-state index in [1.54, 1.807) is 39.3 Å². The van der Waals surface area contributed by atoms with Gasteiger partial charge in [-0.05, 0) is 49.2 Å². The Bertz CT molecular complexity index is 1050. The lowest BCUT2D eigenvalue weighted by Gasteiger charge is -2.35. The number of carbonyl (C=O) groups excluding carboxylic acids is 2. The first kappa shape index (κ1) is 24.0. The Morgan fingerprint density at radius 3 is 2.52 bits per heavy atom. The van der Waals surface area contributed by atoms with Crippen molar-refractivity contribution in [3.63, 3.8) is 0 Å². The van der Waals surface area contributed by atoms with Gasteiger partial charge < -0.3 is 24.3 Å². The molecule has 0 aliphatic carbocycles. The van der Waals surface area contributed by atoms with Crippen LogP contribution in [0.25, 0.3) is 0 Å². The van der Waals surface area contributed by atoms with Crippen molar-refractivity contribution in [2.75, 3.05) is 34.5 Å².